The number of aromatic nitrogens is 3. The lowest BCUT2D eigenvalue weighted by atomic mass is 9.96. The molecule has 3 aromatic carbocycles. The monoisotopic (exact) mass is 354 g/mol. The smallest absolute Gasteiger partial charge is 0.128 e. The lowest BCUT2D eigenvalue weighted by molar-refractivity contribution is 0.483. The lowest BCUT2D eigenvalue weighted by Gasteiger charge is -2.12. The van der Waals surface area contributed by atoms with E-state index in [1.54, 1.807) is 13.3 Å². The van der Waals surface area contributed by atoms with Crippen LogP contribution in [0.15, 0.2) is 83.9 Å². The molecule has 1 N–H and O–H groups in total. The third kappa shape index (κ3) is 3.62. The first-order valence-electron chi connectivity index (χ1n) is 8.61. The van der Waals surface area contributed by atoms with Crippen molar-refractivity contribution in [3.8, 4) is 33.9 Å². The number of nitrogens with zero attached hydrogens (tertiary/aromatic N) is 3. The SMILES string of the molecule is C/N=C/c1[nH]nnc1-c1cc(Oc2ccccc2)ccc1-c1ccccc1. The molecule has 0 aliphatic heterocycles. The van der Waals surface area contributed by atoms with Crippen LogP contribution < -0.4 is 4.74 Å². The molecule has 5 heteroatoms. The third-order valence-corrected chi connectivity index (χ3v) is 4.14. The van der Waals surface area contributed by atoms with Gasteiger partial charge in [-0.15, -0.1) is 5.10 Å². The first-order chi connectivity index (χ1) is 13.3. The molecule has 5 nitrogen and oxygen atoms in total. The van der Waals surface area contributed by atoms with Crippen LogP contribution >= 0.6 is 0 Å². The standard InChI is InChI=1S/C22H18N4O/c1-23-15-21-22(25-26-24-21)20-14-18(27-17-10-6-3-7-11-17)12-13-19(20)16-8-4-2-5-9-16/h2-15H,1H3,(H,24,25,26)/b23-15+. The molecule has 0 saturated heterocycles. The van der Waals surface area contributed by atoms with Crippen LogP contribution in [0.1, 0.15) is 5.69 Å². The predicted octanol–water partition coefficient (Wildman–Crippen LogP) is 4.98. The minimum atomic E-state index is 0.734. The van der Waals surface area contributed by atoms with Crippen molar-refractivity contribution in [2.45, 2.75) is 0 Å². The van der Waals surface area contributed by atoms with E-state index < -0.39 is 0 Å². The van der Waals surface area contributed by atoms with Crippen LogP contribution in [0.25, 0.3) is 22.4 Å². The number of rotatable bonds is 5. The van der Waals surface area contributed by atoms with Gasteiger partial charge in [0.1, 0.15) is 22.9 Å². The molecular formula is C22H18N4O. The van der Waals surface area contributed by atoms with E-state index >= 15 is 0 Å². The van der Waals surface area contributed by atoms with Gasteiger partial charge in [0, 0.05) is 18.8 Å². The molecule has 0 aliphatic rings. The molecule has 0 aliphatic carbocycles. The topological polar surface area (TPSA) is 63.2 Å². The molecule has 0 saturated carbocycles. The van der Waals surface area contributed by atoms with Gasteiger partial charge in [-0.25, -0.2) is 0 Å². The second-order valence-electron chi connectivity index (χ2n) is 5.95. The van der Waals surface area contributed by atoms with E-state index in [0.29, 0.717) is 0 Å². The first-order valence-corrected chi connectivity index (χ1v) is 8.61. The number of aliphatic imine (C=N–C) groups is 1. The quantitative estimate of drug-likeness (QED) is 0.514. The average Bonchev–Trinajstić information content (AvgIpc) is 3.18. The van der Waals surface area contributed by atoms with Crippen molar-refractivity contribution in [3.63, 3.8) is 0 Å². The molecule has 0 spiro atoms. The normalized spacial score (nSPS) is 11.0. The molecule has 0 radical (unpaired) electrons. The van der Waals surface area contributed by atoms with E-state index in [4.69, 9.17) is 4.74 Å². The zero-order chi connectivity index (χ0) is 18.5. The van der Waals surface area contributed by atoms with Crippen LogP contribution in [0, 0.1) is 0 Å². The Morgan fingerprint density at radius 2 is 1.59 bits per heavy atom. The van der Waals surface area contributed by atoms with Crippen molar-refractivity contribution >= 4 is 6.21 Å². The zero-order valence-electron chi connectivity index (χ0n) is 14.8. The Labute approximate surface area is 157 Å². The summed E-state index contributed by atoms with van der Waals surface area (Å²) in [6.07, 6.45) is 1.72. The maximum absolute atomic E-state index is 6.02. The summed E-state index contributed by atoms with van der Waals surface area (Å²) in [5.74, 6) is 1.52. The van der Waals surface area contributed by atoms with Gasteiger partial charge in [-0.2, -0.15) is 0 Å². The molecule has 4 aromatic rings. The second kappa shape index (κ2) is 7.66. The van der Waals surface area contributed by atoms with Crippen molar-refractivity contribution in [3.05, 3.63) is 84.6 Å². The molecule has 0 atom stereocenters. The number of ether oxygens (including phenoxy) is 1. The van der Waals surface area contributed by atoms with Crippen LogP contribution in [0.5, 0.6) is 11.5 Å². The van der Waals surface area contributed by atoms with Crippen molar-refractivity contribution in [1.82, 2.24) is 15.4 Å². The summed E-state index contributed by atoms with van der Waals surface area (Å²) in [7, 11) is 1.72. The molecule has 132 valence electrons. The Morgan fingerprint density at radius 1 is 0.852 bits per heavy atom. The van der Waals surface area contributed by atoms with Crippen molar-refractivity contribution in [2.24, 2.45) is 4.99 Å². The number of hydrogen-bond donors (Lipinski definition) is 1. The highest BCUT2D eigenvalue weighted by Gasteiger charge is 2.15. The molecule has 1 heterocycles. The third-order valence-electron chi connectivity index (χ3n) is 4.14. The summed E-state index contributed by atoms with van der Waals surface area (Å²) in [4.78, 5) is 4.09. The van der Waals surface area contributed by atoms with Gasteiger partial charge in [0.2, 0.25) is 0 Å². The summed E-state index contributed by atoms with van der Waals surface area (Å²) in [5, 5.41) is 11.1. The Morgan fingerprint density at radius 3 is 2.33 bits per heavy atom. The van der Waals surface area contributed by atoms with Crippen LogP contribution in [0.3, 0.4) is 0 Å². The number of nitrogens with one attached hydrogen (secondary N) is 1. The first kappa shape index (κ1) is 16.7. The van der Waals surface area contributed by atoms with E-state index in [2.05, 4.69) is 32.5 Å². The van der Waals surface area contributed by atoms with Crippen LogP contribution in [0.4, 0.5) is 0 Å². The second-order valence-corrected chi connectivity index (χ2v) is 5.95. The summed E-state index contributed by atoms with van der Waals surface area (Å²) >= 11 is 0. The van der Waals surface area contributed by atoms with E-state index in [-0.39, 0.29) is 0 Å². The van der Waals surface area contributed by atoms with Crippen LogP contribution in [0.2, 0.25) is 0 Å². The summed E-state index contributed by atoms with van der Waals surface area (Å²) in [6, 6.07) is 25.9. The highest BCUT2D eigenvalue weighted by atomic mass is 16.5. The molecule has 0 fully saturated rings. The van der Waals surface area contributed by atoms with Gasteiger partial charge in [0.05, 0.1) is 0 Å². The highest BCUT2D eigenvalue weighted by molar-refractivity contribution is 5.92. The van der Waals surface area contributed by atoms with E-state index in [1.165, 1.54) is 0 Å². The molecule has 0 unspecified atom stereocenters. The minimum absolute atomic E-state index is 0.734. The number of benzene rings is 3. The van der Waals surface area contributed by atoms with E-state index in [9.17, 15) is 0 Å². The number of aromatic amines is 1. The highest BCUT2D eigenvalue weighted by Crippen LogP contribution is 2.36. The minimum Gasteiger partial charge on any atom is -0.457 e. The van der Waals surface area contributed by atoms with Gasteiger partial charge in [-0.05, 0) is 41.5 Å². The van der Waals surface area contributed by atoms with Crippen molar-refractivity contribution in [2.75, 3.05) is 7.05 Å². The van der Waals surface area contributed by atoms with Crippen molar-refractivity contribution < 1.29 is 4.74 Å². The Kier molecular flexibility index (Phi) is 4.74. The largest absolute Gasteiger partial charge is 0.457 e. The fourth-order valence-corrected chi connectivity index (χ4v) is 2.93. The molecule has 4 rings (SSSR count). The summed E-state index contributed by atoms with van der Waals surface area (Å²) < 4.78 is 6.02. The lowest BCUT2D eigenvalue weighted by Crippen LogP contribution is -1.92. The van der Waals surface area contributed by atoms with Crippen molar-refractivity contribution in [1.29, 1.82) is 0 Å². The van der Waals surface area contributed by atoms with Crippen LogP contribution in [-0.4, -0.2) is 28.7 Å². The van der Waals surface area contributed by atoms with Gasteiger partial charge < -0.3 is 4.74 Å². The van der Waals surface area contributed by atoms with E-state index in [0.717, 1.165) is 39.6 Å². The van der Waals surface area contributed by atoms with Gasteiger partial charge in [-0.3, -0.25) is 10.1 Å². The number of hydrogen-bond acceptors (Lipinski definition) is 4. The van der Waals surface area contributed by atoms with Crippen LogP contribution in [-0.2, 0) is 0 Å². The number of para-hydroxylation sites is 1. The Balaban J connectivity index is 1.84. The Hall–Kier alpha value is -3.73. The Bertz CT molecular complexity index is 1060. The zero-order valence-corrected chi connectivity index (χ0v) is 14.8. The maximum Gasteiger partial charge on any atom is 0.128 e. The van der Waals surface area contributed by atoms with Gasteiger partial charge in [0.15, 0.2) is 0 Å². The van der Waals surface area contributed by atoms with Gasteiger partial charge in [0.25, 0.3) is 0 Å². The summed E-state index contributed by atoms with van der Waals surface area (Å²) in [5.41, 5.74) is 4.57. The van der Waals surface area contributed by atoms with E-state index in [1.807, 2.05) is 66.7 Å². The fraction of sp³-hybridized carbons (Fsp3) is 0.0455. The van der Waals surface area contributed by atoms with Gasteiger partial charge in [-0.1, -0.05) is 53.7 Å². The molecule has 27 heavy (non-hydrogen) atoms. The summed E-state index contributed by atoms with van der Waals surface area (Å²) in [6.45, 7) is 0. The predicted molar refractivity (Wildman–Crippen MR) is 107 cm³/mol. The fourth-order valence-electron chi connectivity index (χ4n) is 2.93. The molecule has 1 aromatic heterocycles. The molecule has 0 bridgehead atoms. The number of H-pyrrole nitrogens is 1. The average molecular weight is 354 g/mol. The molecular weight excluding hydrogens is 336 g/mol. The maximum atomic E-state index is 6.02. The van der Waals surface area contributed by atoms with Gasteiger partial charge >= 0.3 is 0 Å². The molecule has 0 amide bonds.